The molecule has 4 heterocycles. The summed E-state index contributed by atoms with van der Waals surface area (Å²) in [7, 11) is 0. The van der Waals surface area contributed by atoms with Gasteiger partial charge in [0, 0.05) is 12.7 Å². The van der Waals surface area contributed by atoms with Gasteiger partial charge in [0.2, 0.25) is 5.82 Å². The third-order valence-electron chi connectivity index (χ3n) is 3.39. The van der Waals surface area contributed by atoms with Crippen LogP contribution in [0.3, 0.4) is 0 Å². The van der Waals surface area contributed by atoms with E-state index in [2.05, 4.69) is 27.1 Å². The van der Waals surface area contributed by atoms with E-state index >= 15 is 0 Å². The molecule has 7 nitrogen and oxygen atoms in total. The van der Waals surface area contributed by atoms with E-state index in [1.807, 2.05) is 23.0 Å². The van der Waals surface area contributed by atoms with Crippen molar-refractivity contribution in [1.29, 1.82) is 0 Å². The molecule has 0 aliphatic heterocycles. The Balaban J connectivity index is 1.86. The molecule has 0 aromatic carbocycles. The quantitative estimate of drug-likeness (QED) is 0.575. The molecule has 0 unspecified atom stereocenters. The molecular formula is C14H14N6O. The highest BCUT2D eigenvalue weighted by molar-refractivity contribution is 5.88. The molecule has 4 aromatic rings. The van der Waals surface area contributed by atoms with Crippen LogP contribution in [0.4, 0.5) is 0 Å². The Morgan fingerprint density at radius 3 is 3.05 bits per heavy atom. The van der Waals surface area contributed by atoms with Crippen LogP contribution in [0.2, 0.25) is 0 Å². The minimum atomic E-state index is 0.551. The second kappa shape index (κ2) is 4.69. The molecule has 0 aliphatic rings. The fourth-order valence-electron chi connectivity index (χ4n) is 2.31. The van der Waals surface area contributed by atoms with E-state index in [-0.39, 0.29) is 0 Å². The van der Waals surface area contributed by atoms with E-state index in [4.69, 9.17) is 4.42 Å². The van der Waals surface area contributed by atoms with Crippen molar-refractivity contribution in [1.82, 2.24) is 29.4 Å². The molecule has 7 heteroatoms. The molecule has 0 fully saturated rings. The van der Waals surface area contributed by atoms with Gasteiger partial charge in [0.25, 0.3) is 0 Å². The van der Waals surface area contributed by atoms with Gasteiger partial charge in [-0.25, -0.2) is 14.5 Å². The molecule has 0 N–H and O–H groups in total. The lowest BCUT2D eigenvalue weighted by Crippen LogP contribution is -1.97. The zero-order valence-electron chi connectivity index (χ0n) is 11.6. The van der Waals surface area contributed by atoms with E-state index in [1.165, 1.54) is 0 Å². The summed E-state index contributed by atoms with van der Waals surface area (Å²) in [6, 6.07) is 3.65. The topological polar surface area (TPSA) is 74.0 Å². The highest BCUT2D eigenvalue weighted by atomic mass is 16.3. The van der Waals surface area contributed by atoms with Crippen LogP contribution in [0.15, 0.2) is 35.3 Å². The van der Waals surface area contributed by atoms with Crippen LogP contribution in [-0.2, 0) is 6.54 Å². The summed E-state index contributed by atoms with van der Waals surface area (Å²) in [6.45, 7) is 3.05. The van der Waals surface area contributed by atoms with Crippen LogP contribution in [0.1, 0.15) is 19.8 Å². The predicted molar refractivity (Wildman–Crippen MR) is 76.7 cm³/mol. The SMILES string of the molecule is CCCCn1cc2c(ncn3nc(-c4ccco4)nc23)n1. The molecule has 0 aliphatic carbocycles. The Kier molecular flexibility index (Phi) is 2.70. The highest BCUT2D eigenvalue weighted by Crippen LogP contribution is 2.20. The first-order valence-corrected chi connectivity index (χ1v) is 6.97. The molecule has 106 valence electrons. The smallest absolute Gasteiger partial charge is 0.217 e. The zero-order chi connectivity index (χ0) is 14.2. The van der Waals surface area contributed by atoms with Crippen LogP contribution in [0.25, 0.3) is 28.3 Å². The fourth-order valence-corrected chi connectivity index (χ4v) is 2.31. The molecular weight excluding hydrogens is 268 g/mol. The van der Waals surface area contributed by atoms with E-state index in [9.17, 15) is 0 Å². The Bertz CT molecular complexity index is 889. The second-order valence-electron chi connectivity index (χ2n) is 4.91. The number of aromatic nitrogens is 6. The summed E-state index contributed by atoms with van der Waals surface area (Å²) in [5.41, 5.74) is 1.44. The lowest BCUT2D eigenvalue weighted by molar-refractivity contribution is 0.575. The molecule has 0 radical (unpaired) electrons. The molecule has 0 atom stereocenters. The van der Waals surface area contributed by atoms with Gasteiger partial charge in [-0.15, -0.1) is 5.10 Å². The Hall–Kier alpha value is -2.70. The molecule has 4 rings (SSSR count). The fraction of sp³-hybridized carbons (Fsp3) is 0.286. The largest absolute Gasteiger partial charge is 0.461 e. The summed E-state index contributed by atoms with van der Waals surface area (Å²) < 4.78 is 8.92. The van der Waals surface area contributed by atoms with Gasteiger partial charge < -0.3 is 4.42 Å². The maximum Gasteiger partial charge on any atom is 0.217 e. The lowest BCUT2D eigenvalue weighted by atomic mass is 10.3. The van der Waals surface area contributed by atoms with Gasteiger partial charge in [0.1, 0.15) is 6.33 Å². The molecule has 21 heavy (non-hydrogen) atoms. The number of rotatable bonds is 4. The first-order chi connectivity index (χ1) is 10.3. The van der Waals surface area contributed by atoms with Gasteiger partial charge in [-0.3, -0.25) is 4.68 Å². The van der Waals surface area contributed by atoms with Crippen LogP contribution in [0.5, 0.6) is 0 Å². The standard InChI is InChI=1S/C14H14N6O/c1-2-3-6-19-8-10-12(17-19)15-9-20-14(10)16-13(18-20)11-5-4-7-21-11/h4-5,7-9H,2-3,6H2,1H3. The third kappa shape index (κ3) is 1.97. The van der Waals surface area contributed by atoms with Crippen molar-refractivity contribution in [2.45, 2.75) is 26.3 Å². The first kappa shape index (κ1) is 12.1. The molecule has 0 bridgehead atoms. The van der Waals surface area contributed by atoms with Crippen LogP contribution in [0, 0.1) is 0 Å². The summed E-state index contributed by atoms with van der Waals surface area (Å²) in [6.07, 6.45) is 7.45. The van der Waals surface area contributed by atoms with Gasteiger partial charge in [0.15, 0.2) is 17.1 Å². The second-order valence-corrected chi connectivity index (χ2v) is 4.91. The van der Waals surface area contributed by atoms with Crippen molar-refractivity contribution in [3.63, 3.8) is 0 Å². The Morgan fingerprint density at radius 1 is 1.29 bits per heavy atom. The molecule has 4 aromatic heterocycles. The van der Waals surface area contributed by atoms with E-state index in [0.29, 0.717) is 17.2 Å². The number of unbranched alkanes of at least 4 members (excludes halogenated alkanes) is 1. The maximum absolute atomic E-state index is 5.34. The monoisotopic (exact) mass is 282 g/mol. The van der Waals surface area contributed by atoms with Crippen molar-refractivity contribution >= 4 is 16.7 Å². The van der Waals surface area contributed by atoms with Crippen molar-refractivity contribution in [2.24, 2.45) is 0 Å². The first-order valence-electron chi connectivity index (χ1n) is 6.97. The molecule has 0 amide bonds. The van der Waals surface area contributed by atoms with Gasteiger partial charge in [0.05, 0.1) is 11.6 Å². The average Bonchev–Trinajstić information content (AvgIpc) is 3.20. The summed E-state index contributed by atoms with van der Waals surface area (Å²) >= 11 is 0. The number of nitrogens with zero attached hydrogens (tertiary/aromatic N) is 6. The minimum Gasteiger partial charge on any atom is -0.461 e. The molecule has 0 saturated heterocycles. The summed E-state index contributed by atoms with van der Waals surface area (Å²) in [4.78, 5) is 8.87. The van der Waals surface area contributed by atoms with E-state index in [0.717, 1.165) is 30.4 Å². The van der Waals surface area contributed by atoms with Gasteiger partial charge in [-0.05, 0) is 18.6 Å². The number of hydrogen-bond acceptors (Lipinski definition) is 5. The minimum absolute atomic E-state index is 0.551. The summed E-state index contributed by atoms with van der Waals surface area (Å²) in [5, 5.41) is 9.76. The molecule has 0 spiro atoms. The van der Waals surface area contributed by atoms with Crippen molar-refractivity contribution in [3.05, 3.63) is 30.9 Å². The van der Waals surface area contributed by atoms with Gasteiger partial charge in [-0.2, -0.15) is 5.10 Å². The normalized spacial score (nSPS) is 11.7. The van der Waals surface area contributed by atoms with E-state index < -0.39 is 0 Å². The average molecular weight is 282 g/mol. The third-order valence-corrected chi connectivity index (χ3v) is 3.39. The van der Waals surface area contributed by atoms with Gasteiger partial charge in [-0.1, -0.05) is 13.3 Å². The number of hydrogen-bond donors (Lipinski definition) is 0. The van der Waals surface area contributed by atoms with Crippen LogP contribution in [-0.4, -0.2) is 29.4 Å². The number of furan rings is 1. The zero-order valence-corrected chi connectivity index (χ0v) is 11.6. The van der Waals surface area contributed by atoms with E-state index in [1.54, 1.807) is 17.1 Å². The summed E-state index contributed by atoms with van der Waals surface area (Å²) in [5.74, 6) is 1.20. The highest BCUT2D eigenvalue weighted by Gasteiger charge is 2.13. The van der Waals surface area contributed by atoms with Crippen LogP contribution >= 0.6 is 0 Å². The predicted octanol–water partition coefficient (Wildman–Crippen LogP) is 2.53. The Morgan fingerprint density at radius 2 is 2.24 bits per heavy atom. The number of fused-ring (bicyclic) bond motifs is 3. The van der Waals surface area contributed by atoms with Crippen LogP contribution < -0.4 is 0 Å². The van der Waals surface area contributed by atoms with Gasteiger partial charge >= 0.3 is 0 Å². The molecule has 0 saturated carbocycles. The van der Waals surface area contributed by atoms with Crippen molar-refractivity contribution in [3.8, 4) is 11.6 Å². The number of aryl methyl sites for hydroxylation is 1. The van der Waals surface area contributed by atoms with Crippen molar-refractivity contribution < 1.29 is 4.42 Å². The Labute approximate surface area is 120 Å². The van der Waals surface area contributed by atoms with Crippen molar-refractivity contribution in [2.75, 3.05) is 0 Å². The lowest BCUT2D eigenvalue weighted by Gasteiger charge is -1.95. The maximum atomic E-state index is 5.34.